The monoisotopic (exact) mass is 868 g/mol. The summed E-state index contributed by atoms with van der Waals surface area (Å²) in [6.45, 7) is 4.85. The Morgan fingerprint density at radius 2 is 1.75 bits per heavy atom. The minimum Gasteiger partial charge on any atom is -0.382 e. The van der Waals surface area contributed by atoms with Crippen molar-refractivity contribution in [2.45, 2.75) is 87.2 Å². The number of hydrogen-bond donors (Lipinski definition) is 3. The van der Waals surface area contributed by atoms with Gasteiger partial charge in [-0.3, -0.25) is 9.69 Å². The molecule has 16 heteroatoms. The molecule has 4 aromatic heterocycles. The number of anilines is 2. The highest BCUT2D eigenvalue weighted by Crippen LogP contribution is 2.55. The van der Waals surface area contributed by atoms with Crippen LogP contribution in [0.3, 0.4) is 0 Å². The second-order valence-corrected chi connectivity index (χ2v) is 20.0. The van der Waals surface area contributed by atoms with Gasteiger partial charge in [0, 0.05) is 68.3 Å². The van der Waals surface area contributed by atoms with E-state index < -0.39 is 21.0 Å². The number of rotatable bonds is 12. The van der Waals surface area contributed by atoms with Gasteiger partial charge >= 0.3 is 0 Å². The van der Waals surface area contributed by atoms with E-state index in [1.807, 2.05) is 30.5 Å². The van der Waals surface area contributed by atoms with Gasteiger partial charge in [-0.1, -0.05) is 24.3 Å². The summed E-state index contributed by atoms with van der Waals surface area (Å²) in [6.07, 6.45) is 16.3. The molecule has 5 fully saturated rings. The Morgan fingerprint density at radius 1 is 0.937 bits per heavy atom. The summed E-state index contributed by atoms with van der Waals surface area (Å²) < 4.78 is 36.8. The van der Waals surface area contributed by atoms with E-state index in [-0.39, 0.29) is 11.3 Å². The van der Waals surface area contributed by atoms with Crippen molar-refractivity contribution < 1.29 is 17.9 Å². The SMILES string of the molecule is O=Nc1cc(S(=O)(=O)NC(=O)c2ccc(N3CCC4(CC3)CC(N3CCCC3c3ccccc3C3CC3)C4)cc2-n2ncc3nc4[nH]ccc4cc32)ncc1NCC1CCOCC1. The first-order valence-corrected chi connectivity index (χ1v) is 24.0. The fourth-order valence-electron chi connectivity index (χ4n) is 10.9. The molecular weight excluding hydrogens is 817 g/mol. The minimum atomic E-state index is -4.53. The lowest BCUT2D eigenvalue weighted by Crippen LogP contribution is -2.55. The number of benzene rings is 2. The van der Waals surface area contributed by atoms with E-state index in [0.717, 1.165) is 61.8 Å². The maximum absolute atomic E-state index is 14.2. The molecular formula is C47H52N10O5S. The lowest BCUT2D eigenvalue weighted by atomic mass is 9.59. The predicted molar refractivity (Wildman–Crippen MR) is 241 cm³/mol. The fraction of sp³-hybridized carbons (Fsp3) is 0.447. The number of carbonyl (C=O) groups is 1. The average molecular weight is 869 g/mol. The maximum atomic E-state index is 14.2. The lowest BCUT2D eigenvalue weighted by Gasteiger charge is -2.56. The van der Waals surface area contributed by atoms with Crippen molar-refractivity contribution in [2.75, 3.05) is 49.6 Å². The van der Waals surface area contributed by atoms with Gasteiger partial charge < -0.3 is 19.9 Å². The van der Waals surface area contributed by atoms with E-state index in [4.69, 9.17) is 9.72 Å². The van der Waals surface area contributed by atoms with Crippen LogP contribution in [0, 0.1) is 16.2 Å². The Balaban J connectivity index is 0.825. The van der Waals surface area contributed by atoms with Crippen molar-refractivity contribution in [3.8, 4) is 5.69 Å². The number of nitrogens with zero attached hydrogens (tertiary/aromatic N) is 7. The molecule has 3 aliphatic heterocycles. The van der Waals surface area contributed by atoms with Crippen molar-refractivity contribution in [3.05, 3.63) is 101 Å². The predicted octanol–water partition coefficient (Wildman–Crippen LogP) is 8.12. The molecule has 1 amide bonds. The molecule has 1 unspecified atom stereocenters. The summed E-state index contributed by atoms with van der Waals surface area (Å²) in [5.74, 6) is 0.231. The smallest absolute Gasteiger partial charge is 0.281 e. The molecule has 6 aromatic rings. The molecule has 2 saturated carbocycles. The van der Waals surface area contributed by atoms with Crippen molar-refractivity contribution in [3.63, 3.8) is 0 Å². The van der Waals surface area contributed by atoms with E-state index in [2.05, 4.69) is 64.3 Å². The van der Waals surface area contributed by atoms with Crippen LogP contribution < -0.4 is 14.9 Å². The van der Waals surface area contributed by atoms with Gasteiger partial charge in [0.2, 0.25) is 0 Å². The second-order valence-electron chi connectivity index (χ2n) is 18.4. The number of pyridine rings is 2. The molecule has 15 nitrogen and oxygen atoms in total. The summed E-state index contributed by atoms with van der Waals surface area (Å²) in [7, 11) is -4.53. The number of nitrogens with one attached hydrogen (secondary N) is 3. The van der Waals surface area contributed by atoms with Crippen LogP contribution in [-0.2, 0) is 14.8 Å². The molecule has 2 aliphatic carbocycles. The van der Waals surface area contributed by atoms with Crippen LogP contribution in [0.15, 0.2) is 89.5 Å². The molecule has 11 rings (SSSR count). The minimum absolute atomic E-state index is 0.101. The Labute approximate surface area is 366 Å². The van der Waals surface area contributed by atoms with Crippen molar-refractivity contribution in [1.29, 1.82) is 0 Å². The number of nitroso groups, excluding NO2 is 1. The molecule has 3 N–H and O–H groups in total. The molecule has 0 bridgehead atoms. The highest BCUT2D eigenvalue weighted by atomic mass is 32.2. The molecule has 1 atom stereocenters. The zero-order valence-corrected chi connectivity index (χ0v) is 36.0. The zero-order chi connectivity index (χ0) is 42.7. The lowest BCUT2D eigenvalue weighted by molar-refractivity contribution is -0.0227. The summed E-state index contributed by atoms with van der Waals surface area (Å²) in [5, 5.41) is 11.3. The number of H-pyrrole nitrogens is 1. The summed E-state index contributed by atoms with van der Waals surface area (Å²) in [6, 6.07) is 20.8. The normalized spacial score (nSPS) is 21.0. The van der Waals surface area contributed by atoms with Crippen molar-refractivity contribution >= 4 is 55.1 Å². The van der Waals surface area contributed by atoms with E-state index in [1.54, 1.807) is 28.1 Å². The van der Waals surface area contributed by atoms with Crippen LogP contribution in [0.5, 0.6) is 0 Å². The molecule has 63 heavy (non-hydrogen) atoms. The summed E-state index contributed by atoms with van der Waals surface area (Å²) in [4.78, 5) is 43.3. The maximum Gasteiger partial charge on any atom is 0.281 e. The number of ether oxygens (including phenoxy) is 1. The number of aromatic nitrogens is 5. The Bertz CT molecular complexity index is 2820. The van der Waals surface area contributed by atoms with E-state index in [1.165, 1.54) is 51.3 Å². The van der Waals surface area contributed by atoms with Crippen LogP contribution in [0.1, 0.15) is 97.7 Å². The van der Waals surface area contributed by atoms with Gasteiger partial charge in [0.05, 0.1) is 34.8 Å². The van der Waals surface area contributed by atoms with E-state index in [9.17, 15) is 18.1 Å². The summed E-state index contributed by atoms with van der Waals surface area (Å²) in [5.41, 5.74) is 7.14. The fourth-order valence-corrected chi connectivity index (χ4v) is 11.8. The largest absolute Gasteiger partial charge is 0.382 e. The topological polar surface area (TPSA) is 180 Å². The molecule has 3 saturated heterocycles. The first-order chi connectivity index (χ1) is 30.7. The van der Waals surface area contributed by atoms with Crippen LogP contribution in [0.25, 0.3) is 27.8 Å². The third-order valence-electron chi connectivity index (χ3n) is 14.6. The molecule has 326 valence electrons. The van der Waals surface area contributed by atoms with Gasteiger partial charge in [-0.25, -0.2) is 19.4 Å². The highest BCUT2D eigenvalue weighted by Gasteiger charge is 2.50. The first kappa shape index (κ1) is 40.1. The number of hydrogen-bond acceptors (Lipinski definition) is 12. The van der Waals surface area contributed by atoms with E-state index >= 15 is 0 Å². The zero-order valence-electron chi connectivity index (χ0n) is 35.2. The highest BCUT2D eigenvalue weighted by molar-refractivity contribution is 7.90. The molecule has 2 aromatic carbocycles. The van der Waals surface area contributed by atoms with Crippen LogP contribution in [-0.4, -0.2) is 89.4 Å². The Morgan fingerprint density at radius 3 is 2.54 bits per heavy atom. The van der Waals surface area contributed by atoms with Crippen LogP contribution in [0.4, 0.5) is 17.1 Å². The van der Waals surface area contributed by atoms with Gasteiger partial charge in [-0.2, -0.15) is 13.5 Å². The van der Waals surface area contributed by atoms with Gasteiger partial charge in [-0.15, -0.1) is 4.91 Å². The average Bonchev–Trinajstić information content (AvgIpc) is 3.63. The van der Waals surface area contributed by atoms with Gasteiger partial charge in [0.1, 0.15) is 16.9 Å². The number of fused-ring (bicyclic) bond motifs is 2. The van der Waals surface area contributed by atoms with Gasteiger partial charge in [-0.05, 0) is 135 Å². The third-order valence-corrected chi connectivity index (χ3v) is 15.8. The number of piperidine rings is 1. The van der Waals surface area contributed by atoms with Gasteiger partial charge in [0.25, 0.3) is 15.9 Å². The standard InChI is InChI=1S/C47H52N10O5S/c58-46(54-63(60,61)44-24-38(53-59)39(28-50-44)49-27-30-12-20-62-21-13-30)37-10-9-33(23-42(37)57-43-22-32-11-16-48-45(32)52-40(43)29-51-57)55-18-14-47(15-19-55)25-34(26-47)56-17-3-6-41(56)36-5-2-1-4-35(36)31-7-8-31/h1-2,4-5,9-11,16,22-24,28-31,34,41,49H,3,6-8,12-15,17-21,25-27H2,(H,48,52)(H,54,58). The first-order valence-electron chi connectivity index (χ1n) is 22.5. The van der Waals surface area contributed by atoms with Crippen LogP contribution >= 0.6 is 0 Å². The number of aromatic amines is 1. The number of amides is 1. The molecule has 5 aliphatic rings. The van der Waals surface area contributed by atoms with Gasteiger partial charge in [0.15, 0.2) is 5.03 Å². The molecule has 0 radical (unpaired) electrons. The Kier molecular flexibility index (Phi) is 10.3. The third kappa shape index (κ3) is 7.65. The number of likely N-dealkylation sites (tertiary alicyclic amines) is 1. The molecule has 1 spiro atoms. The quantitative estimate of drug-likeness (QED) is 0.101. The van der Waals surface area contributed by atoms with Crippen molar-refractivity contribution in [1.82, 2.24) is 34.4 Å². The number of sulfonamides is 1. The van der Waals surface area contributed by atoms with Crippen LogP contribution in [0.2, 0.25) is 0 Å². The molecule has 7 heterocycles. The number of carbonyl (C=O) groups excluding carboxylic acids is 1. The van der Waals surface area contributed by atoms with Crippen molar-refractivity contribution in [2.24, 2.45) is 16.5 Å². The summed E-state index contributed by atoms with van der Waals surface area (Å²) >= 11 is 0. The second kappa shape index (κ2) is 16.1. The van der Waals surface area contributed by atoms with E-state index in [0.29, 0.717) is 71.2 Å². The Hall–Kier alpha value is -5.71.